The molecule has 0 saturated carbocycles. The molecule has 2 aromatic carbocycles. The normalized spacial score (nSPS) is 10.7. The van der Waals surface area contributed by atoms with Gasteiger partial charge >= 0.3 is 5.97 Å². The summed E-state index contributed by atoms with van der Waals surface area (Å²) in [6.07, 6.45) is 0.710. The van der Waals surface area contributed by atoms with Gasteiger partial charge in [0.25, 0.3) is 0 Å². The summed E-state index contributed by atoms with van der Waals surface area (Å²) in [6, 6.07) is 5.58. The van der Waals surface area contributed by atoms with Crippen LogP contribution in [0.15, 0.2) is 36.5 Å². The molecule has 1 heterocycles. The number of aromatic carboxylic acids is 1. The molecule has 0 amide bonds. The molecule has 30 heavy (non-hydrogen) atoms. The number of nitrogens with one attached hydrogen (secondary N) is 1. The molecule has 0 saturated heterocycles. The summed E-state index contributed by atoms with van der Waals surface area (Å²) in [7, 11) is 1.32. The maximum absolute atomic E-state index is 14.7. The second-order valence-electron chi connectivity index (χ2n) is 6.21. The number of aromatic nitrogens is 1. The Bertz CT molecular complexity index is 1140. The second-order valence-corrected chi connectivity index (χ2v) is 6.21. The number of carboxylic acid groups (broad SMARTS) is 1. The van der Waals surface area contributed by atoms with E-state index in [1.165, 1.54) is 31.5 Å². The molecule has 0 unspecified atom stereocenters. The van der Waals surface area contributed by atoms with E-state index in [4.69, 9.17) is 10.5 Å². The van der Waals surface area contributed by atoms with Gasteiger partial charge in [0.2, 0.25) is 0 Å². The first-order valence-corrected chi connectivity index (χ1v) is 8.46. The van der Waals surface area contributed by atoms with Gasteiger partial charge in [-0.1, -0.05) is 0 Å². The maximum atomic E-state index is 14.7. The van der Waals surface area contributed by atoms with E-state index in [2.05, 4.69) is 10.3 Å². The lowest BCUT2D eigenvalue weighted by molar-refractivity contribution is 0.0697. The number of benzene rings is 2. The number of nitrogens with two attached hydrogens (primary N) is 1. The molecule has 0 aliphatic carbocycles. The fourth-order valence-corrected chi connectivity index (χ4v) is 2.80. The van der Waals surface area contributed by atoms with Gasteiger partial charge in [-0.3, -0.25) is 0 Å². The van der Waals surface area contributed by atoms with Crippen LogP contribution in [0, 0.1) is 23.3 Å². The van der Waals surface area contributed by atoms with E-state index < -0.39 is 58.3 Å². The van der Waals surface area contributed by atoms with Gasteiger partial charge in [0.1, 0.15) is 11.6 Å². The standard InChI is InChI=1S/C20H15F4N3O3/c1-30-11-2-3-14(13(21)8-11)27-18-12(20(28)29)7-10(15(22)17(18)24)6-9-4-5-26-19(25)16(9)23/h2-5,7-8,27H,6H2,1H3,(H2,25,26)(H,28,29). The highest BCUT2D eigenvalue weighted by Gasteiger charge is 2.24. The van der Waals surface area contributed by atoms with Crippen LogP contribution in [0.3, 0.4) is 0 Å². The largest absolute Gasteiger partial charge is 0.497 e. The number of rotatable bonds is 6. The van der Waals surface area contributed by atoms with E-state index in [0.717, 1.165) is 12.1 Å². The van der Waals surface area contributed by atoms with Crippen LogP contribution >= 0.6 is 0 Å². The van der Waals surface area contributed by atoms with Crippen LogP contribution in [0.4, 0.5) is 34.8 Å². The zero-order chi connectivity index (χ0) is 22.0. The third kappa shape index (κ3) is 3.97. The Morgan fingerprint density at radius 1 is 1.10 bits per heavy atom. The van der Waals surface area contributed by atoms with Crippen molar-refractivity contribution in [3.8, 4) is 5.75 Å². The predicted molar refractivity (Wildman–Crippen MR) is 101 cm³/mol. The first kappa shape index (κ1) is 20.9. The molecule has 6 nitrogen and oxygen atoms in total. The quantitative estimate of drug-likeness (QED) is 0.515. The van der Waals surface area contributed by atoms with Crippen molar-refractivity contribution in [2.75, 3.05) is 18.2 Å². The highest BCUT2D eigenvalue weighted by molar-refractivity contribution is 5.95. The van der Waals surface area contributed by atoms with E-state index in [1.807, 2.05) is 0 Å². The number of halogens is 4. The minimum atomic E-state index is -1.60. The Labute approximate surface area is 167 Å². The zero-order valence-electron chi connectivity index (χ0n) is 15.5. The molecule has 3 aromatic rings. The summed E-state index contributed by atoms with van der Waals surface area (Å²) in [5.74, 6) is -6.60. The van der Waals surface area contributed by atoms with E-state index >= 15 is 0 Å². The molecule has 0 spiro atoms. The lowest BCUT2D eigenvalue weighted by atomic mass is 10.00. The highest BCUT2D eigenvalue weighted by Crippen LogP contribution is 2.32. The van der Waals surface area contributed by atoms with Crippen molar-refractivity contribution in [1.82, 2.24) is 4.98 Å². The lowest BCUT2D eigenvalue weighted by Gasteiger charge is -2.15. The van der Waals surface area contributed by atoms with Gasteiger partial charge in [-0.15, -0.1) is 0 Å². The fraction of sp³-hybridized carbons (Fsp3) is 0.100. The van der Waals surface area contributed by atoms with Gasteiger partial charge in [-0.2, -0.15) is 0 Å². The van der Waals surface area contributed by atoms with Crippen molar-refractivity contribution >= 4 is 23.2 Å². The summed E-state index contributed by atoms with van der Waals surface area (Å²) >= 11 is 0. The number of hydrogen-bond acceptors (Lipinski definition) is 5. The molecule has 0 aliphatic rings. The number of carbonyl (C=O) groups is 1. The van der Waals surface area contributed by atoms with E-state index in [9.17, 15) is 27.5 Å². The number of ether oxygens (including phenoxy) is 1. The molecule has 0 atom stereocenters. The number of pyridine rings is 1. The zero-order valence-corrected chi connectivity index (χ0v) is 15.5. The van der Waals surface area contributed by atoms with Gasteiger partial charge in [-0.05, 0) is 35.4 Å². The number of nitrogen functional groups attached to an aromatic ring is 1. The third-order valence-corrected chi connectivity index (χ3v) is 4.33. The average Bonchev–Trinajstić information content (AvgIpc) is 2.71. The second kappa shape index (κ2) is 8.27. The molecular weight excluding hydrogens is 406 g/mol. The summed E-state index contributed by atoms with van der Waals surface area (Å²) in [4.78, 5) is 15.2. The molecule has 10 heteroatoms. The molecule has 156 valence electrons. The predicted octanol–water partition coefficient (Wildman–Crippen LogP) is 4.26. The molecule has 3 rings (SSSR count). The van der Waals surface area contributed by atoms with E-state index in [1.54, 1.807) is 0 Å². The topological polar surface area (TPSA) is 97.5 Å². The van der Waals surface area contributed by atoms with Crippen LogP contribution in [0.5, 0.6) is 5.75 Å². The van der Waals surface area contributed by atoms with Crippen molar-refractivity contribution < 1.29 is 32.2 Å². The Kier molecular flexibility index (Phi) is 5.77. The molecule has 1 aromatic heterocycles. The van der Waals surface area contributed by atoms with Crippen LogP contribution < -0.4 is 15.8 Å². The molecule has 0 bridgehead atoms. The number of nitrogens with zero attached hydrogens (tertiary/aromatic N) is 1. The molecule has 0 radical (unpaired) electrons. The van der Waals surface area contributed by atoms with E-state index in [0.29, 0.717) is 0 Å². The average molecular weight is 421 g/mol. The highest BCUT2D eigenvalue weighted by atomic mass is 19.2. The van der Waals surface area contributed by atoms with Crippen LogP contribution in [0.2, 0.25) is 0 Å². The Morgan fingerprint density at radius 2 is 1.83 bits per heavy atom. The maximum Gasteiger partial charge on any atom is 0.337 e. The molecule has 0 aliphatic heterocycles. The summed E-state index contributed by atoms with van der Waals surface area (Å²) < 4.78 is 62.5. The fourth-order valence-electron chi connectivity index (χ4n) is 2.80. The molecule has 4 N–H and O–H groups in total. The number of carboxylic acids is 1. The molecule has 0 fully saturated rings. The summed E-state index contributed by atoms with van der Waals surface area (Å²) in [6.45, 7) is 0. The Morgan fingerprint density at radius 3 is 2.47 bits per heavy atom. The van der Waals surface area contributed by atoms with E-state index in [-0.39, 0.29) is 17.0 Å². The van der Waals surface area contributed by atoms with Crippen LogP contribution in [-0.2, 0) is 6.42 Å². The minimum absolute atomic E-state index is 0.0981. The minimum Gasteiger partial charge on any atom is -0.497 e. The summed E-state index contributed by atoms with van der Waals surface area (Å²) in [5.41, 5.74) is 3.11. The van der Waals surface area contributed by atoms with Gasteiger partial charge < -0.3 is 20.9 Å². The SMILES string of the molecule is COc1ccc(Nc2c(C(=O)O)cc(Cc3ccnc(N)c3F)c(F)c2F)c(F)c1. The monoisotopic (exact) mass is 421 g/mol. The first-order valence-electron chi connectivity index (χ1n) is 8.46. The Hall–Kier alpha value is -3.82. The van der Waals surface area contributed by atoms with Crippen molar-refractivity contribution in [2.24, 2.45) is 0 Å². The van der Waals surface area contributed by atoms with Crippen molar-refractivity contribution in [1.29, 1.82) is 0 Å². The van der Waals surface area contributed by atoms with Gasteiger partial charge in [0.05, 0.1) is 24.0 Å². The van der Waals surface area contributed by atoms with Crippen LogP contribution in [-0.4, -0.2) is 23.2 Å². The van der Waals surface area contributed by atoms with Crippen molar-refractivity contribution in [3.63, 3.8) is 0 Å². The lowest BCUT2D eigenvalue weighted by Crippen LogP contribution is -2.11. The van der Waals surface area contributed by atoms with Gasteiger partial charge in [-0.25, -0.2) is 27.3 Å². The number of anilines is 3. The first-order chi connectivity index (χ1) is 14.2. The number of methoxy groups -OCH3 is 1. The van der Waals surface area contributed by atoms with Gasteiger partial charge in [0.15, 0.2) is 23.3 Å². The van der Waals surface area contributed by atoms with Crippen molar-refractivity contribution in [3.05, 3.63) is 76.5 Å². The summed E-state index contributed by atoms with van der Waals surface area (Å²) in [5, 5.41) is 11.7. The van der Waals surface area contributed by atoms with Crippen molar-refractivity contribution in [2.45, 2.75) is 6.42 Å². The Balaban J connectivity index is 2.06. The third-order valence-electron chi connectivity index (χ3n) is 4.33. The smallest absolute Gasteiger partial charge is 0.337 e. The van der Waals surface area contributed by atoms with Gasteiger partial charge in [0, 0.05) is 18.7 Å². The molecular formula is C20H15F4N3O3. The van der Waals surface area contributed by atoms with Crippen LogP contribution in [0.1, 0.15) is 21.5 Å². The van der Waals surface area contributed by atoms with Crippen LogP contribution in [0.25, 0.3) is 0 Å². The number of hydrogen-bond donors (Lipinski definition) is 3.